The van der Waals surface area contributed by atoms with Gasteiger partial charge in [0, 0.05) is 12.7 Å². The van der Waals surface area contributed by atoms with Crippen molar-refractivity contribution < 1.29 is 0 Å². The maximum atomic E-state index is 4.33. The minimum atomic E-state index is -0.0812. The van der Waals surface area contributed by atoms with Crippen LogP contribution in [-0.2, 0) is 0 Å². The summed E-state index contributed by atoms with van der Waals surface area (Å²) in [4.78, 5) is 11.8. The fourth-order valence-electron chi connectivity index (χ4n) is 1.47. The third-order valence-electron chi connectivity index (χ3n) is 2.19. The Labute approximate surface area is 94.3 Å². The SMILES string of the molecule is CNC1=NC(C)N=C(Nc2ccc(C)[nH]2)N1. The van der Waals surface area contributed by atoms with Crippen molar-refractivity contribution in [2.45, 2.75) is 20.0 Å². The lowest BCUT2D eigenvalue weighted by Gasteiger charge is -2.19. The monoisotopic (exact) mass is 220 g/mol. The lowest BCUT2D eigenvalue weighted by Crippen LogP contribution is -2.46. The maximum absolute atomic E-state index is 4.33. The molecule has 16 heavy (non-hydrogen) atoms. The Balaban J connectivity index is 2.06. The number of rotatable bonds is 1. The Morgan fingerprint density at radius 2 is 2.00 bits per heavy atom. The first-order valence-corrected chi connectivity index (χ1v) is 5.20. The zero-order valence-corrected chi connectivity index (χ0v) is 9.63. The molecule has 0 spiro atoms. The van der Waals surface area contributed by atoms with Gasteiger partial charge in [0.15, 0.2) is 5.96 Å². The Hall–Kier alpha value is -1.98. The summed E-state index contributed by atoms with van der Waals surface area (Å²) in [7, 11) is 1.82. The van der Waals surface area contributed by atoms with E-state index in [9.17, 15) is 0 Å². The van der Waals surface area contributed by atoms with Gasteiger partial charge in [0.25, 0.3) is 0 Å². The van der Waals surface area contributed by atoms with Gasteiger partial charge in [-0.15, -0.1) is 0 Å². The zero-order chi connectivity index (χ0) is 11.5. The van der Waals surface area contributed by atoms with Gasteiger partial charge in [-0.2, -0.15) is 0 Å². The van der Waals surface area contributed by atoms with Gasteiger partial charge in [0.2, 0.25) is 5.96 Å². The van der Waals surface area contributed by atoms with E-state index in [1.54, 1.807) is 0 Å². The van der Waals surface area contributed by atoms with Crippen molar-refractivity contribution in [2.24, 2.45) is 9.98 Å². The molecule has 0 fully saturated rings. The van der Waals surface area contributed by atoms with Crippen LogP contribution in [0.15, 0.2) is 22.1 Å². The van der Waals surface area contributed by atoms with Gasteiger partial charge in [-0.3, -0.25) is 5.32 Å². The first-order valence-electron chi connectivity index (χ1n) is 5.20. The molecule has 1 aliphatic rings. The molecule has 0 aromatic carbocycles. The second kappa shape index (κ2) is 4.26. The van der Waals surface area contributed by atoms with E-state index < -0.39 is 0 Å². The topological polar surface area (TPSA) is 76.6 Å². The summed E-state index contributed by atoms with van der Waals surface area (Å²) in [6, 6.07) is 3.97. The van der Waals surface area contributed by atoms with Gasteiger partial charge < -0.3 is 15.6 Å². The van der Waals surface area contributed by atoms with Crippen LogP contribution < -0.4 is 16.0 Å². The summed E-state index contributed by atoms with van der Waals surface area (Å²) >= 11 is 0. The van der Waals surface area contributed by atoms with Crippen molar-refractivity contribution in [2.75, 3.05) is 12.4 Å². The number of nitrogens with zero attached hydrogens (tertiary/aromatic N) is 2. The number of guanidine groups is 2. The van der Waals surface area contributed by atoms with Crippen molar-refractivity contribution in [3.8, 4) is 0 Å². The van der Waals surface area contributed by atoms with Crippen LogP contribution in [0.5, 0.6) is 0 Å². The largest absolute Gasteiger partial charge is 0.359 e. The summed E-state index contributed by atoms with van der Waals surface area (Å²) in [5.74, 6) is 2.32. The zero-order valence-electron chi connectivity index (χ0n) is 9.63. The fraction of sp³-hybridized carbons (Fsp3) is 0.400. The van der Waals surface area contributed by atoms with Crippen LogP contribution in [0, 0.1) is 6.92 Å². The van der Waals surface area contributed by atoms with E-state index in [1.807, 2.05) is 33.0 Å². The number of H-pyrrole nitrogens is 1. The number of hydrogen-bond acceptors (Lipinski definition) is 5. The average Bonchev–Trinajstić information content (AvgIpc) is 2.63. The highest BCUT2D eigenvalue weighted by Gasteiger charge is 2.12. The molecule has 1 aromatic rings. The number of anilines is 1. The smallest absolute Gasteiger partial charge is 0.205 e. The van der Waals surface area contributed by atoms with E-state index in [1.165, 1.54) is 0 Å². The Bertz CT molecular complexity index is 430. The predicted octanol–water partition coefficient (Wildman–Crippen LogP) is 0.616. The number of aryl methyl sites for hydroxylation is 1. The second-order valence-electron chi connectivity index (χ2n) is 3.64. The molecule has 2 heterocycles. The van der Waals surface area contributed by atoms with E-state index in [0.29, 0.717) is 11.9 Å². The molecule has 0 saturated carbocycles. The molecule has 86 valence electrons. The van der Waals surface area contributed by atoms with Crippen LogP contribution in [0.2, 0.25) is 0 Å². The maximum Gasteiger partial charge on any atom is 0.205 e. The number of aromatic amines is 1. The van der Waals surface area contributed by atoms with E-state index in [0.717, 1.165) is 11.5 Å². The van der Waals surface area contributed by atoms with Crippen molar-refractivity contribution in [1.29, 1.82) is 0 Å². The summed E-state index contributed by atoms with van der Waals surface area (Å²) < 4.78 is 0. The van der Waals surface area contributed by atoms with Crippen LogP contribution in [0.4, 0.5) is 5.82 Å². The highest BCUT2D eigenvalue weighted by molar-refractivity contribution is 6.05. The fourth-order valence-corrected chi connectivity index (χ4v) is 1.47. The summed E-state index contributed by atoms with van der Waals surface area (Å²) in [5.41, 5.74) is 1.11. The van der Waals surface area contributed by atoms with Gasteiger partial charge in [0.05, 0.1) is 0 Å². The molecule has 0 aliphatic carbocycles. The molecule has 0 amide bonds. The Morgan fingerprint density at radius 1 is 1.25 bits per heavy atom. The van der Waals surface area contributed by atoms with Crippen LogP contribution in [0.3, 0.4) is 0 Å². The summed E-state index contributed by atoms with van der Waals surface area (Å²) in [6.07, 6.45) is -0.0812. The van der Waals surface area contributed by atoms with Gasteiger partial charge in [-0.25, -0.2) is 9.98 Å². The minimum absolute atomic E-state index is 0.0812. The van der Waals surface area contributed by atoms with Gasteiger partial charge in [0.1, 0.15) is 12.0 Å². The standard InChI is InChI=1S/C10H16N6/c1-6-4-5-8(12-6)15-10-14-7(2)13-9(11-3)16-10/h4-5,7,12H,1-3H3,(H3,11,13,14,15,16). The van der Waals surface area contributed by atoms with Gasteiger partial charge >= 0.3 is 0 Å². The predicted molar refractivity (Wildman–Crippen MR) is 65.7 cm³/mol. The number of aliphatic imine (C=N–C) groups is 2. The molecule has 2 rings (SSSR count). The summed E-state index contributed by atoms with van der Waals surface area (Å²) in [5, 5.41) is 9.17. The van der Waals surface area contributed by atoms with Crippen LogP contribution >= 0.6 is 0 Å². The first-order chi connectivity index (χ1) is 7.67. The molecular weight excluding hydrogens is 204 g/mol. The lowest BCUT2D eigenvalue weighted by molar-refractivity contribution is 0.756. The number of hydrogen-bond donors (Lipinski definition) is 4. The van der Waals surface area contributed by atoms with Crippen molar-refractivity contribution >= 4 is 17.7 Å². The van der Waals surface area contributed by atoms with Crippen molar-refractivity contribution in [3.63, 3.8) is 0 Å². The Kier molecular flexibility index (Phi) is 2.80. The minimum Gasteiger partial charge on any atom is -0.359 e. The summed E-state index contributed by atoms with van der Waals surface area (Å²) in [6.45, 7) is 3.93. The molecule has 1 atom stereocenters. The number of aromatic nitrogens is 1. The normalized spacial score (nSPS) is 19.6. The van der Waals surface area contributed by atoms with Gasteiger partial charge in [-0.1, -0.05) is 0 Å². The molecule has 6 heteroatoms. The molecule has 4 N–H and O–H groups in total. The highest BCUT2D eigenvalue weighted by atomic mass is 15.3. The van der Waals surface area contributed by atoms with E-state index in [2.05, 4.69) is 30.9 Å². The molecule has 1 aromatic heterocycles. The van der Waals surface area contributed by atoms with E-state index in [-0.39, 0.29) is 6.17 Å². The molecule has 6 nitrogen and oxygen atoms in total. The highest BCUT2D eigenvalue weighted by Crippen LogP contribution is 2.07. The lowest BCUT2D eigenvalue weighted by atomic mass is 10.5. The molecule has 0 bridgehead atoms. The molecule has 1 aliphatic heterocycles. The van der Waals surface area contributed by atoms with Crippen LogP contribution in [0.1, 0.15) is 12.6 Å². The molecule has 1 unspecified atom stereocenters. The van der Waals surface area contributed by atoms with Crippen LogP contribution in [-0.4, -0.2) is 30.1 Å². The van der Waals surface area contributed by atoms with Crippen LogP contribution in [0.25, 0.3) is 0 Å². The van der Waals surface area contributed by atoms with E-state index in [4.69, 9.17) is 0 Å². The van der Waals surface area contributed by atoms with Crippen molar-refractivity contribution in [1.82, 2.24) is 15.6 Å². The first kappa shape index (κ1) is 10.5. The van der Waals surface area contributed by atoms with Gasteiger partial charge in [-0.05, 0) is 26.0 Å². The molecular formula is C10H16N6. The number of nitrogens with one attached hydrogen (secondary N) is 4. The second-order valence-corrected chi connectivity index (χ2v) is 3.64. The quantitative estimate of drug-likeness (QED) is 0.560. The third-order valence-corrected chi connectivity index (χ3v) is 2.19. The molecule has 0 radical (unpaired) electrons. The average molecular weight is 220 g/mol. The molecule has 0 saturated heterocycles. The van der Waals surface area contributed by atoms with Crippen molar-refractivity contribution in [3.05, 3.63) is 17.8 Å². The Morgan fingerprint density at radius 3 is 2.62 bits per heavy atom. The third kappa shape index (κ3) is 2.33. The van der Waals surface area contributed by atoms with E-state index >= 15 is 0 Å².